The van der Waals surface area contributed by atoms with E-state index in [4.69, 9.17) is 0 Å². The molecule has 0 N–H and O–H groups in total. The molecule has 0 heterocycles. The first-order valence-electron chi connectivity index (χ1n) is 7.69. The van der Waals surface area contributed by atoms with Crippen molar-refractivity contribution in [3.63, 3.8) is 0 Å². The van der Waals surface area contributed by atoms with E-state index in [-0.39, 0.29) is 0 Å². The topological polar surface area (TPSA) is 0 Å². The van der Waals surface area contributed by atoms with Gasteiger partial charge in [-0.15, -0.1) is 0 Å². The van der Waals surface area contributed by atoms with E-state index >= 15 is 0 Å². The first kappa shape index (κ1) is 18.9. The van der Waals surface area contributed by atoms with Gasteiger partial charge in [-0.1, -0.05) is 0 Å². The Morgan fingerprint density at radius 1 is 0.556 bits per heavy atom. The fourth-order valence-electron chi connectivity index (χ4n) is 4.10. The van der Waals surface area contributed by atoms with Crippen LogP contribution in [0.3, 0.4) is 0 Å². The predicted molar refractivity (Wildman–Crippen MR) is 94.7 cm³/mol. The van der Waals surface area contributed by atoms with E-state index in [9.17, 15) is 0 Å². The van der Waals surface area contributed by atoms with Crippen LogP contribution in [-0.2, 0) is 0 Å². The zero-order valence-electron chi connectivity index (χ0n) is 14.0. The summed E-state index contributed by atoms with van der Waals surface area (Å²) in [4.78, 5) is 0. The van der Waals surface area contributed by atoms with E-state index in [0.717, 1.165) is 23.7 Å². The van der Waals surface area contributed by atoms with E-state index in [1.54, 1.807) is 0 Å². The fourth-order valence-corrected chi connectivity index (χ4v) is 19.2. The molecule has 0 bridgehead atoms. The van der Waals surface area contributed by atoms with Crippen LogP contribution < -0.4 is 0 Å². The van der Waals surface area contributed by atoms with Crippen molar-refractivity contribution in [2.24, 2.45) is 23.7 Å². The summed E-state index contributed by atoms with van der Waals surface area (Å²) in [5.74, 6) is 3.22. The van der Waals surface area contributed by atoms with Crippen LogP contribution in [0.15, 0.2) is 0 Å². The molecule has 0 saturated heterocycles. The summed E-state index contributed by atoms with van der Waals surface area (Å²) in [6.45, 7) is 19.1. The minimum absolute atomic E-state index is 0.804. The second-order valence-corrected chi connectivity index (χ2v) is 19.2. The molecular weight excluding hydrogens is 303 g/mol. The van der Waals surface area contributed by atoms with Gasteiger partial charge in [0.05, 0.1) is 0 Å². The molecule has 0 aliphatic rings. The van der Waals surface area contributed by atoms with E-state index < -0.39 is 5.31 Å². The Labute approximate surface area is 124 Å². The van der Waals surface area contributed by atoms with Crippen LogP contribution in [-0.4, -0.2) is 24.6 Å². The van der Waals surface area contributed by atoms with E-state index in [1.807, 2.05) is 0 Å². The number of hydrogen-bond acceptors (Lipinski definition) is 0. The molecule has 0 spiro atoms. The van der Waals surface area contributed by atoms with Gasteiger partial charge in [0.25, 0.3) is 0 Å². The van der Waals surface area contributed by atoms with Gasteiger partial charge in [0, 0.05) is 0 Å². The molecule has 0 rings (SSSR count). The number of halogens is 1. The third kappa shape index (κ3) is 6.90. The molecule has 0 aliphatic heterocycles. The van der Waals surface area contributed by atoms with Crippen LogP contribution in [0.25, 0.3) is 0 Å². The Kier molecular flexibility index (Phi) is 7.43. The average Bonchev–Trinajstić information content (AvgIpc) is 1.92. The van der Waals surface area contributed by atoms with Crippen LogP contribution in [0.5, 0.6) is 0 Å². The Balaban J connectivity index is 5.35. The van der Waals surface area contributed by atoms with E-state index in [1.165, 1.54) is 24.6 Å². The van der Waals surface area contributed by atoms with Crippen LogP contribution >= 0.6 is 20.8 Å². The summed E-state index contributed by atoms with van der Waals surface area (Å²) in [5, 5.41) is -1.72. The van der Waals surface area contributed by atoms with Gasteiger partial charge in [-0.05, 0) is 0 Å². The molecule has 0 atom stereocenters. The molecular formula is C16H36BrP. The third-order valence-corrected chi connectivity index (χ3v) is 13.3. The van der Waals surface area contributed by atoms with Gasteiger partial charge in [-0.25, -0.2) is 0 Å². The molecule has 0 aromatic heterocycles. The Hall–Kier alpha value is 0.910. The number of hydrogen-bond donors (Lipinski definition) is 0. The summed E-state index contributed by atoms with van der Waals surface area (Å²) >= 11 is 4.43. The molecule has 2 heteroatoms. The molecule has 112 valence electrons. The van der Waals surface area contributed by atoms with Crippen molar-refractivity contribution in [1.82, 2.24) is 0 Å². The third-order valence-electron chi connectivity index (χ3n) is 3.29. The Bertz CT molecular complexity index is 192. The summed E-state index contributed by atoms with van der Waals surface area (Å²) < 4.78 is 0. The van der Waals surface area contributed by atoms with Crippen LogP contribution in [0.4, 0.5) is 0 Å². The van der Waals surface area contributed by atoms with Crippen molar-refractivity contribution in [3.8, 4) is 0 Å². The second-order valence-electron chi connectivity index (χ2n) is 8.13. The summed E-state index contributed by atoms with van der Waals surface area (Å²) in [6.07, 6.45) is 5.67. The predicted octanol–water partition coefficient (Wildman–Crippen LogP) is 6.47. The zero-order chi connectivity index (χ0) is 14.6. The van der Waals surface area contributed by atoms with E-state index in [0.29, 0.717) is 0 Å². The van der Waals surface area contributed by atoms with Gasteiger partial charge in [-0.3, -0.25) is 0 Å². The Morgan fingerprint density at radius 3 is 0.833 bits per heavy atom. The molecule has 0 aromatic carbocycles. The van der Waals surface area contributed by atoms with Crippen LogP contribution in [0.2, 0.25) is 0 Å². The quantitative estimate of drug-likeness (QED) is 0.444. The SMILES string of the molecule is CC(C)CP(Br)(CC(C)C)(CC(C)C)CC(C)C. The van der Waals surface area contributed by atoms with Gasteiger partial charge in [0.15, 0.2) is 0 Å². The van der Waals surface area contributed by atoms with Gasteiger partial charge in [0.2, 0.25) is 0 Å². The second kappa shape index (κ2) is 7.07. The molecule has 0 amide bonds. The molecule has 0 fully saturated rings. The molecule has 0 saturated carbocycles. The fraction of sp³-hybridized carbons (Fsp3) is 1.00. The molecule has 0 aromatic rings. The van der Waals surface area contributed by atoms with Crippen molar-refractivity contribution in [1.29, 1.82) is 0 Å². The normalized spacial score (nSPS) is 15.7. The van der Waals surface area contributed by atoms with Gasteiger partial charge in [0.1, 0.15) is 0 Å². The van der Waals surface area contributed by atoms with Gasteiger partial charge >= 0.3 is 125 Å². The van der Waals surface area contributed by atoms with Crippen molar-refractivity contribution in [2.45, 2.75) is 55.4 Å². The zero-order valence-corrected chi connectivity index (χ0v) is 16.4. The van der Waals surface area contributed by atoms with Gasteiger partial charge < -0.3 is 0 Å². The van der Waals surface area contributed by atoms with Crippen molar-refractivity contribution in [3.05, 3.63) is 0 Å². The average molecular weight is 339 g/mol. The van der Waals surface area contributed by atoms with Gasteiger partial charge in [-0.2, -0.15) is 0 Å². The van der Waals surface area contributed by atoms with Crippen molar-refractivity contribution < 1.29 is 0 Å². The summed E-state index contributed by atoms with van der Waals surface area (Å²) in [5.41, 5.74) is 0. The molecule has 0 nitrogen and oxygen atoms in total. The van der Waals surface area contributed by atoms with Crippen LogP contribution in [0, 0.1) is 23.7 Å². The van der Waals surface area contributed by atoms with Crippen LogP contribution in [0.1, 0.15) is 55.4 Å². The maximum absolute atomic E-state index is 4.43. The molecule has 18 heavy (non-hydrogen) atoms. The summed E-state index contributed by atoms with van der Waals surface area (Å²) in [6, 6.07) is 0. The first-order valence-corrected chi connectivity index (χ1v) is 12.7. The molecule has 0 unspecified atom stereocenters. The van der Waals surface area contributed by atoms with E-state index in [2.05, 4.69) is 70.9 Å². The standard InChI is InChI=1S/C16H36BrP/c1-13(2)9-18(17,10-14(3)4,11-15(5)6)12-16(7)8/h13-16H,9-12H2,1-8H3. The van der Waals surface area contributed by atoms with Crippen molar-refractivity contribution in [2.75, 3.05) is 24.6 Å². The first-order chi connectivity index (χ1) is 7.96. The maximum atomic E-state index is 4.43. The van der Waals surface area contributed by atoms with Crippen molar-refractivity contribution >= 4 is 20.8 Å². The monoisotopic (exact) mass is 338 g/mol. The molecule has 0 aliphatic carbocycles. The summed E-state index contributed by atoms with van der Waals surface area (Å²) in [7, 11) is 0. The molecule has 0 radical (unpaired) electrons. The minimum atomic E-state index is -1.72. The Morgan fingerprint density at radius 2 is 0.722 bits per heavy atom. The number of rotatable bonds is 8.